The summed E-state index contributed by atoms with van der Waals surface area (Å²) >= 11 is 0. The first-order chi connectivity index (χ1) is 13.5. The molecule has 0 unspecified atom stereocenters. The predicted octanol–water partition coefficient (Wildman–Crippen LogP) is 3.65. The van der Waals surface area contributed by atoms with Crippen LogP contribution in [0.3, 0.4) is 0 Å². The maximum Gasteiger partial charge on any atom is 0.374 e. The number of aromatic nitrogens is 1. The van der Waals surface area contributed by atoms with Crippen LogP contribution in [-0.4, -0.2) is 30.1 Å². The number of pyridine rings is 1. The molecule has 0 amide bonds. The summed E-state index contributed by atoms with van der Waals surface area (Å²) in [6.45, 7) is 5.79. The molecule has 0 fully saturated rings. The van der Waals surface area contributed by atoms with Crippen molar-refractivity contribution in [2.24, 2.45) is 0 Å². The molecule has 0 N–H and O–H groups in total. The Morgan fingerprint density at radius 1 is 1.04 bits per heavy atom. The minimum absolute atomic E-state index is 0.155. The predicted molar refractivity (Wildman–Crippen MR) is 104 cm³/mol. The highest BCUT2D eigenvalue weighted by Gasteiger charge is 2.19. The third kappa shape index (κ3) is 3.60. The molecule has 0 aliphatic rings. The van der Waals surface area contributed by atoms with Gasteiger partial charge in [-0.05, 0) is 32.4 Å². The Bertz CT molecular complexity index is 1120. The fourth-order valence-electron chi connectivity index (χ4n) is 3.06. The Kier molecular flexibility index (Phi) is 5.73. The van der Waals surface area contributed by atoms with Gasteiger partial charge in [0.1, 0.15) is 11.3 Å². The van der Waals surface area contributed by atoms with Crippen molar-refractivity contribution in [1.29, 1.82) is 0 Å². The lowest BCUT2D eigenvalue weighted by atomic mass is 10.0. The van der Waals surface area contributed by atoms with Crippen molar-refractivity contribution < 1.29 is 23.5 Å². The van der Waals surface area contributed by atoms with Crippen molar-refractivity contribution in [3.05, 3.63) is 51.5 Å². The zero-order valence-corrected chi connectivity index (χ0v) is 16.0. The van der Waals surface area contributed by atoms with Crippen LogP contribution in [0.25, 0.3) is 21.9 Å². The SMILES string of the molecule is CCCc1c2nc(C(=O)OCC)ccc2cc2c(=O)cc(C(=O)OCC)oc12. The van der Waals surface area contributed by atoms with E-state index >= 15 is 0 Å². The van der Waals surface area contributed by atoms with Crippen LogP contribution in [0.1, 0.15) is 53.8 Å². The molecule has 146 valence electrons. The van der Waals surface area contributed by atoms with Crippen LogP contribution in [0.15, 0.2) is 33.5 Å². The maximum absolute atomic E-state index is 12.6. The zero-order valence-electron chi connectivity index (χ0n) is 16.0. The molecule has 0 spiro atoms. The number of fused-ring (bicyclic) bond motifs is 2. The lowest BCUT2D eigenvalue weighted by molar-refractivity contribution is 0.0488. The number of carbonyl (C=O) groups excluding carboxylic acids is 2. The van der Waals surface area contributed by atoms with Gasteiger partial charge in [-0.25, -0.2) is 14.6 Å². The fraction of sp³-hybridized carbons (Fsp3) is 0.333. The average molecular weight is 383 g/mol. The van der Waals surface area contributed by atoms with Crippen LogP contribution in [0.2, 0.25) is 0 Å². The first-order valence-electron chi connectivity index (χ1n) is 9.24. The van der Waals surface area contributed by atoms with E-state index in [4.69, 9.17) is 13.9 Å². The maximum atomic E-state index is 12.6. The quantitative estimate of drug-likeness (QED) is 0.473. The second-order valence-corrected chi connectivity index (χ2v) is 6.17. The van der Waals surface area contributed by atoms with Gasteiger partial charge < -0.3 is 13.9 Å². The second kappa shape index (κ2) is 8.21. The number of nitrogens with zero attached hydrogens (tertiary/aromatic N) is 1. The third-order valence-electron chi connectivity index (χ3n) is 4.23. The van der Waals surface area contributed by atoms with E-state index in [0.29, 0.717) is 33.9 Å². The summed E-state index contributed by atoms with van der Waals surface area (Å²) in [5, 5.41) is 1.06. The largest absolute Gasteiger partial charge is 0.461 e. The van der Waals surface area contributed by atoms with E-state index in [1.165, 1.54) is 0 Å². The number of esters is 2. The number of rotatable bonds is 6. The van der Waals surface area contributed by atoms with Crippen molar-refractivity contribution >= 4 is 33.8 Å². The first kappa shape index (κ1) is 19.5. The van der Waals surface area contributed by atoms with Crippen molar-refractivity contribution in [2.45, 2.75) is 33.6 Å². The molecule has 2 aromatic heterocycles. The molecule has 0 saturated heterocycles. The van der Waals surface area contributed by atoms with Gasteiger partial charge in [0, 0.05) is 17.0 Å². The third-order valence-corrected chi connectivity index (χ3v) is 4.23. The number of benzene rings is 1. The van der Waals surface area contributed by atoms with Crippen LogP contribution in [0.5, 0.6) is 0 Å². The Morgan fingerprint density at radius 2 is 1.75 bits per heavy atom. The van der Waals surface area contributed by atoms with Crippen molar-refractivity contribution in [1.82, 2.24) is 4.98 Å². The molecule has 7 heteroatoms. The zero-order chi connectivity index (χ0) is 20.3. The monoisotopic (exact) mass is 383 g/mol. The first-order valence-corrected chi connectivity index (χ1v) is 9.24. The number of carbonyl (C=O) groups is 2. The normalized spacial score (nSPS) is 11.0. The van der Waals surface area contributed by atoms with E-state index < -0.39 is 11.9 Å². The molecule has 0 saturated carbocycles. The van der Waals surface area contributed by atoms with E-state index in [0.717, 1.165) is 12.5 Å². The fourth-order valence-corrected chi connectivity index (χ4v) is 3.06. The minimum Gasteiger partial charge on any atom is -0.461 e. The second-order valence-electron chi connectivity index (χ2n) is 6.17. The summed E-state index contributed by atoms with van der Waals surface area (Å²) in [5.41, 5.74) is 1.35. The van der Waals surface area contributed by atoms with Crippen LogP contribution in [-0.2, 0) is 15.9 Å². The Labute approximate surface area is 161 Å². The van der Waals surface area contributed by atoms with Crippen LogP contribution in [0, 0.1) is 0 Å². The number of ether oxygens (including phenoxy) is 2. The summed E-state index contributed by atoms with van der Waals surface area (Å²) < 4.78 is 15.7. The van der Waals surface area contributed by atoms with Gasteiger partial charge in [0.05, 0.1) is 24.1 Å². The number of hydrogen-bond donors (Lipinski definition) is 0. The summed E-state index contributed by atoms with van der Waals surface area (Å²) in [6.07, 6.45) is 1.31. The van der Waals surface area contributed by atoms with Gasteiger partial charge in [-0.2, -0.15) is 0 Å². The lowest BCUT2D eigenvalue weighted by Gasteiger charge is -2.11. The minimum atomic E-state index is -0.697. The van der Waals surface area contributed by atoms with Crippen LogP contribution in [0.4, 0.5) is 0 Å². The Hall–Kier alpha value is -3.22. The van der Waals surface area contributed by atoms with E-state index in [1.807, 2.05) is 6.92 Å². The molecule has 0 aliphatic heterocycles. The van der Waals surface area contributed by atoms with Gasteiger partial charge >= 0.3 is 11.9 Å². The highest BCUT2D eigenvalue weighted by atomic mass is 16.5. The van der Waals surface area contributed by atoms with Gasteiger partial charge in [0.15, 0.2) is 5.43 Å². The van der Waals surface area contributed by atoms with Crippen molar-refractivity contribution in [3.63, 3.8) is 0 Å². The summed E-state index contributed by atoms with van der Waals surface area (Å²) in [7, 11) is 0. The van der Waals surface area contributed by atoms with Crippen molar-refractivity contribution in [3.8, 4) is 0 Å². The highest BCUT2D eigenvalue weighted by molar-refractivity contribution is 6.00. The van der Waals surface area contributed by atoms with E-state index in [-0.39, 0.29) is 30.1 Å². The molecule has 3 aromatic rings. The number of aryl methyl sites for hydroxylation is 1. The summed E-state index contributed by atoms with van der Waals surface area (Å²) in [5.74, 6) is -1.37. The van der Waals surface area contributed by atoms with Crippen LogP contribution < -0.4 is 5.43 Å². The Morgan fingerprint density at radius 3 is 2.43 bits per heavy atom. The molecule has 0 aliphatic carbocycles. The van der Waals surface area contributed by atoms with Gasteiger partial charge in [-0.3, -0.25) is 4.79 Å². The molecular formula is C21H21NO6. The lowest BCUT2D eigenvalue weighted by Crippen LogP contribution is -2.11. The van der Waals surface area contributed by atoms with Gasteiger partial charge in [0.25, 0.3) is 0 Å². The molecule has 3 rings (SSSR count). The molecule has 0 bridgehead atoms. The Balaban J connectivity index is 2.31. The van der Waals surface area contributed by atoms with Gasteiger partial charge in [-0.1, -0.05) is 19.4 Å². The molecule has 28 heavy (non-hydrogen) atoms. The highest BCUT2D eigenvalue weighted by Crippen LogP contribution is 2.28. The van der Waals surface area contributed by atoms with Crippen LogP contribution >= 0.6 is 0 Å². The topological polar surface area (TPSA) is 95.7 Å². The summed E-state index contributed by atoms with van der Waals surface area (Å²) in [4.78, 5) is 41.2. The van der Waals surface area contributed by atoms with Gasteiger partial charge in [0.2, 0.25) is 5.76 Å². The smallest absolute Gasteiger partial charge is 0.374 e. The standard InChI is InChI=1S/C21H21NO6/c1-4-7-13-18-12(8-9-15(22-18)20(24)26-5-2)10-14-16(23)11-17(28-19(13)14)21(25)27-6-3/h8-11H,4-7H2,1-3H3. The summed E-state index contributed by atoms with van der Waals surface area (Å²) in [6, 6.07) is 6.09. The van der Waals surface area contributed by atoms with Crippen molar-refractivity contribution in [2.75, 3.05) is 13.2 Å². The molecule has 7 nitrogen and oxygen atoms in total. The molecule has 0 radical (unpaired) electrons. The van der Waals surface area contributed by atoms with E-state index in [1.54, 1.807) is 32.0 Å². The van der Waals surface area contributed by atoms with E-state index in [9.17, 15) is 14.4 Å². The number of hydrogen-bond acceptors (Lipinski definition) is 7. The average Bonchev–Trinajstić information content (AvgIpc) is 2.68. The van der Waals surface area contributed by atoms with E-state index in [2.05, 4.69) is 4.98 Å². The molecule has 1 aromatic carbocycles. The molecular weight excluding hydrogens is 362 g/mol. The molecule has 0 atom stereocenters. The van der Waals surface area contributed by atoms with Gasteiger partial charge in [-0.15, -0.1) is 0 Å². The molecule has 2 heterocycles.